The Labute approximate surface area is 471 Å². The third-order valence-corrected chi connectivity index (χ3v) is 16.0. The Morgan fingerprint density at radius 1 is 0.412 bits per heavy atom. The molecule has 0 amide bonds. The van der Waals surface area contributed by atoms with E-state index in [9.17, 15) is 10.2 Å². The maximum absolute atomic E-state index is 15.6. The lowest BCUT2D eigenvalue weighted by atomic mass is 9.85. The maximum atomic E-state index is 15.6. The van der Waals surface area contributed by atoms with E-state index >= 15 is 8.78 Å². The molecule has 2 N–H and O–H groups in total. The standard InChI is InChI=1S/C72H78F2N2O4/c1-13-15-18-45-35-58(68(77)64(37-45)75-60-26-20-44(3)34-52(60)53-39-47(70(4,5)6)21-27-61(53)75)56-42-50(73)24-30-66(56)79-32-17-33-80-67-31-25-51(74)43-57(67)59-36-46(19-16-14-2)38-65(69(59)78)76-62-28-22-48(71(7,8)9)40-54(62)55-41-49(72(10,11)12)23-29-63(55)76/h20-31,34-43,77-78H,13-19,32-33H2,1-12H3. The first-order valence-corrected chi connectivity index (χ1v) is 28.8. The van der Waals surface area contributed by atoms with Gasteiger partial charge in [-0.2, -0.15) is 0 Å². The number of phenolic OH excluding ortho intramolecular Hbond substituents is 2. The predicted octanol–water partition coefficient (Wildman–Crippen LogP) is 19.6. The molecule has 10 aromatic rings. The second-order valence-electron chi connectivity index (χ2n) is 25.2. The van der Waals surface area contributed by atoms with Crippen molar-refractivity contribution < 1.29 is 28.5 Å². The van der Waals surface area contributed by atoms with Crippen LogP contribution in [-0.4, -0.2) is 32.6 Å². The summed E-state index contributed by atoms with van der Waals surface area (Å²) in [6.45, 7) is 26.8. The van der Waals surface area contributed by atoms with Crippen LogP contribution in [-0.2, 0) is 29.1 Å². The molecule has 8 aromatic carbocycles. The van der Waals surface area contributed by atoms with Crippen LogP contribution in [0.4, 0.5) is 8.78 Å². The number of rotatable bonds is 16. The highest BCUT2D eigenvalue weighted by Crippen LogP contribution is 2.47. The monoisotopic (exact) mass is 1070 g/mol. The molecule has 2 aromatic heterocycles. The maximum Gasteiger partial charge on any atom is 0.147 e. The molecule has 414 valence electrons. The largest absolute Gasteiger partial charge is 0.505 e. The van der Waals surface area contributed by atoms with Crippen molar-refractivity contribution >= 4 is 43.6 Å². The lowest BCUT2D eigenvalue weighted by Gasteiger charge is -2.20. The van der Waals surface area contributed by atoms with Crippen LogP contribution in [0.2, 0.25) is 0 Å². The summed E-state index contributed by atoms with van der Waals surface area (Å²) >= 11 is 0. The van der Waals surface area contributed by atoms with Gasteiger partial charge in [-0.15, -0.1) is 0 Å². The minimum absolute atomic E-state index is 0.0274. The molecule has 0 bridgehead atoms. The summed E-state index contributed by atoms with van der Waals surface area (Å²) in [5, 5.41) is 29.6. The second kappa shape index (κ2) is 21.8. The number of halogens is 2. The van der Waals surface area contributed by atoms with Crippen LogP contribution < -0.4 is 9.47 Å². The van der Waals surface area contributed by atoms with Gasteiger partial charge in [0.1, 0.15) is 34.6 Å². The molecule has 6 nitrogen and oxygen atoms in total. The lowest BCUT2D eigenvalue weighted by molar-refractivity contribution is 0.248. The van der Waals surface area contributed by atoms with Crippen LogP contribution in [0.15, 0.2) is 133 Å². The smallest absolute Gasteiger partial charge is 0.147 e. The van der Waals surface area contributed by atoms with E-state index in [-0.39, 0.29) is 41.0 Å². The van der Waals surface area contributed by atoms with E-state index in [1.807, 2.05) is 12.1 Å². The third kappa shape index (κ3) is 10.9. The van der Waals surface area contributed by atoms with E-state index in [4.69, 9.17) is 9.47 Å². The normalized spacial score (nSPS) is 12.4. The van der Waals surface area contributed by atoms with Gasteiger partial charge < -0.3 is 28.8 Å². The average molecular weight is 1070 g/mol. The summed E-state index contributed by atoms with van der Waals surface area (Å²) in [6, 6.07) is 43.3. The van der Waals surface area contributed by atoms with Gasteiger partial charge in [-0.05, 0) is 186 Å². The molecule has 10 rings (SSSR count). The molecule has 0 aliphatic rings. The summed E-state index contributed by atoms with van der Waals surface area (Å²) in [5.74, 6) is -0.000696. The summed E-state index contributed by atoms with van der Waals surface area (Å²) in [5.41, 5.74) is 13.6. The Morgan fingerprint density at radius 3 is 1.14 bits per heavy atom. The van der Waals surface area contributed by atoms with E-state index in [1.165, 1.54) is 41.0 Å². The van der Waals surface area contributed by atoms with E-state index in [2.05, 4.69) is 177 Å². The number of nitrogens with zero attached hydrogens (tertiary/aromatic N) is 2. The fourth-order valence-corrected chi connectivity index (χ4v) is 11.3. The minimum Gasteiger partial charge on any atom is -0.505 e. The van der Waals surface area contributed by atoms with Gasteiger partial charge in [0.05, 0.1) is 46.7 Å². The zero-order chi connectivity index (χ0) is 57.0. The van der Waals surface area contributed by atoms with E-state index < -0.39 is 11.6 Å². The van der Waals surface area contributed by atoms with Crippen LogP contribution in [0.5, 0.6) is 23.0 Å². The molecule has 0 aliphatic heterocycles. The Balaban J connectivity index is 0.977. The topological polar surface area (TPSA) is 68.8 Å². The SMILES string of the molecule is CCCCc1cc(-c2cc(F)ccc2OCCCOc2ccc(F)cc2-c2cc(CCCC)cc(-n3c4ccc(C(C)(C)C)cc4c4cc(C(C)(C)C)ccc43)c2O)c(O)c(-n2c3ccc(C)cc3c3cc(C(C)(C)C)ccc32)c1. The Morgan fingerprint density at radius 2 is 0.775 bits per heavy atom. The summed E-state index contributed by atoms with van der Waals surface area (Å²) in [4.78, 5) is 0. The highest BCUT2D eigenvalue weighted by Gasteiger charge is 2.27. The molecule has 0 spiro atoms. The number of benzene rings is 8. The number of ether oxygens (including phenoxy) is 2. The molecule has 8 heteroatoms. The van der Waals surface area contributed by atoms with E-state index in [1.54, 1.807) is 12.1 Å². The van der Waals surface area contributed by atoms with Gasteiger partial charge in [0.15, 0.2) is 0 Å². The van der Waals surface area contributed by atoms with Crippen molar-refractivity contribution in [3.05, 3.63) is 178 Å². The highest BCUT2D eigenvalue weighted by molar-refractivity contribution is 6.11. The van der Waals surface area contributed by atoms with E-state index in [0.29, 0.717) is 51.5 Å². The van der Waals surface area contributed by atoms with Crippen molar-refractivity contribution in [2.24, 2.45) is 0 Å². The number of hydrogen-bond donors (Lipinski definition) is 2. The van der Waals surface area contributed by atoms with Gasteiger partial charge in [-0.25, -0.2) is 8.78 Å². The van der Waals surface area contributed by atoms with Gasteiger partial charge in [-0.1, -0.05) is 119 Å². The molecule has 2 heterocycles. The lowest BCUT2D eigenvalue weighted by Crippen LogP contribution is -2.10. The highest BCUT2D eigenvalue weighted by atomic mass is 19.1. The first-order valence-electron chi connectivity index (χ1n) is 28.8. The van der Waals surface area contributed by atoms with Crippen molar-refractivity contribution in [2.45, 2.75) is 144 Å². The Kier molecular flexibility index (Phi) is 15.2. The molecule has 0 radical (unpaired) electrons. The number of aromatic hydroxyl groups is 2. The van der Waals surface area contributed by atoms with Gasteiger partial charge in [0.2, 0.25) is 0 Å². The van der Waals surface area contributed by atoms with Crippen molar-refractivity contribution in [1.82, 2.24) is 9.13 Å². The van der Waals surface area contributed by atoms with Gasteiger partial charge >= 0.3 is 0 Å². The summed E-state index contributed by atoms with van der Waals surface area (Å²) in [6.07, 6.45) is 5.81. The van der Waals surface area contributed by atoms with Crippen molar-refractivity contribution in [3.63, 3.8) is 0 Å². The summed E-state index contributed by atoms with van der Waals surface area (Å²) < 4.78 is 48.4. The quantitative estimate of drug-likeness (QED) is 0.0946. The van der Waals surface area contributed by atoms with Crippen LogP contribution >= 0.6 is 0 Å². The third-order valence-electron chi connectivity index (χ3n) is 16.0. The van der Waals surface area contributed by atoms with Gasteiger partial charge in [0, 0.05) is 50.2 Å². The first kappa shape index (κ1) is 55.7. The zero-order valence-corrected chi connectivity index (χ0v) is 48.9. The number of fused-ring (bicyclic) bond motifs is 6. The van der Waals surface area contributed by atoms with Crippen LogP contribution in [0, 0.1) is 18.6 Å². The fourth-order valence-electron chi connectivity index (χ4n) is 11.3. The predicted molar refractivity (Wildman–Crippen MR) is 329 cm³/mol. The summed E-state index contributed by atoms with van der Waals surface area (Å²) in [7, 11) is 0. The van der Waals surface area contributed by atoms with Gasteiger partial charge in [-0.3, -0.25) is 0 Å². The van der Waals surface area contributed by atoms with Crippen molar-refractivity contribution in [2.75, 3.05) is 13.2 Å². The number of hydrogen-bond acceptors (Lipinski definition) is 4. The molecule has 80 heavy (non-hydrogen) atoms. The Hall–Kier alpha value is -7.58. The fraction of sp³-hybridized carbons (Fsp3) is 0.333. The molecule has 0 atom stereocenters. The number of unbranched alkanes of at least 4 members (excludes halogenated alkanes) is 2. The molecular formula is C72H78F2N2O4. The van der Waals surface area contributed by atoms with Crippen LogP contribution in [0.1, 0.15) is 142 Å². The molecule has 0 fully saturated rings. The molecule has 0 aliphatic carbocycles. The zero-order valence-electron chi connectivity index (χ0n) is 48.9. The molecular weight excluding hydrogens is 995 g/mol. The van der Waals surface area contributed by atoms with Gasteiger partial charge in [0.25, 0.3) is 0 Å². The molecule has 0 saturated heterocycles. The number of aryl methyl sites for hydroxylation is 3. The average Bonchev–Trinajstić information content (AvgIpc) is 4.15. The minimum atomic E-state index is -0.450. The second-order valence-corrected chi connectivity index (χ2v) is 25.2. The van der Waals surface area contributed by atoms with E-state index in [0.717, 1.165) is 98.8 Å². The van der Waals surface area contributed by atoms with Crippen LogP contribution in [0.25, 0.3) is 77.2 Å². The van der Waals surface area contributed by atoms with Crippen molar-refractivity contribution in [3.8, 4) is 56.6 Å². The number of phenols is 2. The van der Waals surface area contributed by atoms with Crippen molar-refractivity contribution in [1.29, 1.82) is 0 Å². The first-order chi connectivity index (χ1) is 38.0. The molecule has 0 saturated carbocycles. The Bertz CT molecular complexity index is 3900. The van der Waals surface area contributed by atoms with Crippen LogP contribution in [0.3, 0.4) is 0 Å². The number of aromatic nitrogens is 2. The molecule has 0 unspecified atom stereocenters.